The van der Waals surface area contributed by atoms with Crippen molar-refractivity contribution in [2.24, 2.45) is 0 Å². The quantitative estimate of drug-likeness (QED) is 0.661. The third-order valence-corrected chi connectivity index (χ3v) is 4.82. The van der Waals surface area contributed by atoms with Gasteiger partial charge in [-0.15, -0.1) is 0 Å². The molecule has 0 spiro atoms. The van der Waals surface area contributed by atoms with Gasteiger partial charge in [-0.1, -0.05) is 17.7 Å². The summed E-state index contributed by atoms with van der Waals surface area (Å²) in [6, 6.07) is 13.8. The van der Waals surface area contributed by atoms with Crippen LogP contribution >= 0.6 is 11.6 Å². The number of halogens is 1. The number of benzene rings is 1. The largest absolute Gasteiger partial charge is 0.357 e. The first kappa shape index (κ1) is 16.8. The Morgan fingerprint density at radius 2 is 1.93 bits per heavy atom. The molecule has 0 amide bonds. The summed E-state index contributed by atoms with van der Waals surface area (Å²) in [6.45, 7) is 1.83. The zero-order valence-corrected chi connectivity index (χ0v) is 15.0. The molecule has 0 bridgehead atoms. The molecule has 0 radical (unpaired) electrons. The summed E-state index contributed by atoms with van der Waals surface area (Å²) in [5, 5.41) is 31.1. The number of rotatable bonds is 2. The minimum atomic E-state index is -0.470. The molecule has 0 aliphatic carbocycles. The lowest BCUT2D eigenvalue weighted by molar-refractivity contribution is 0.879. The Labute approximate surface area is 160 Å². The van der Waals surface area contributed by atoms with Crippen molar-refractivity contribution in [1.29, 1.82) is 10.5 Å². The van der Waals surface area contributed by atoms with Crippen molar-refractivity contribution in [3.05, 3.63) is 75.8 Å². The number of pyridine rings is 1. The molecule has 3 heterocycles. The highest BCUT2D eigenvalue weighted by Gasteiger charge is 2.31. The maximum atomic E-state index is 9.95. The highest BCUT2D eigenvalue weighted by atomic mass is 35.5. The Morgan fingerprint density at radius 3 is 2.67 bits per heavy atom. The molecule has 6 nitrogen and oxygen atoms in total. The standard InChI is InChI=1S/C20H13ClN6/c1-11-15(8-22)19(12-2-3-17-14(6-12)10-25-27-17)16(9-23)20(26-11)13-4-5-24-18(21)7-13/h2-7,10,19,26H,1H3,(H,25,27). The lowest BCUT2D eigenvalue weighted by Crippen LogP contribution is -2.24. The van der Waals surface area contributed by atoms with E-state index in [0.29, 0.717) is 27.7 Å². The fraction of sp³-hybridized carbons (Fsp3) is 0.100. The average molecular weight is 373 g/mol. The van der Waals surface area contributed by atoms with Gasteiger partial charge in [0.05, 0.1) is 46.6 Å². The van der Waals surface area contributed by atoms with Gasteiger partial charge in [0.2, 0.25) is 0 Å². The molecule has 1 aliphatic heterocycles. The van der Waals surface area contributed by atoms with E-state index in [1.165, 1.54) is 0 Å². The first-order valence-electron chi connectivity index (χ1n) is 8.19. The van der Waals surface area contributed by atoms with E-state index in [9.17, 15) is 10.5 Å². The summed E-state index contributed by atoms with van der Waals surface area (Å²) in [5.41, 5.74) is 4.82. The van der Waals surface area contributed by atoms with Crippen LogP contribution in [0, 0.1) is 22.7 Å². The number of fused-ring (bicyclic) bond motifs is 1. The number of aromatic nitrogens is 3. The SMILES string of the molecule is CC1=C(C#N)C(c2ccc3[nH]ncc3c2)C(C#N)=C(c2ccnc(Cl)c2)N1. The Bertz CT molecular complexity index is 1200. The van der Waals surface area contributed by atoms with Gasteiger partial charge in [0.15, 0.2) is 0 Å². The van der Waals surface area contributed by atoms with Crippen molar-refractivity contribution >= 4 is 28.2 Å². The molecule has 3 aromatic rings. The molecule has 2 aromatic heterocycles. The van der Waals surface area contributed by atoms with Crippen LogP contribution in [0.4, 0.5) is 0 Å². The lowest BCUT2D eigenvalue weighted by Gasteiger charge is -2.28. The van der Waals surface area contributed by atoms with E-state index in [-0.39, 0.29) is 0 Å². The highest BCUT2D eigenvalue weighted by Crippen LogP contribution is 2.40. The molecular weight excluding hydrogens is 360 g/mol. The van der Waals surface area contributed by atoms with Crippen LogP contribution in [-0.4, -0.2) is 15.2 Å². The predicted octanol–water partition coefficient (Wildman–Crippen LogP) is 4.03. The van der Waals surface area contributed by atoms with Gasteiger partial charge in [0.25, 0.3) is 0 Å². The zero-order valence-electron chi connectivity index (χ0n) is 14.3. The molecular formula is C20H13ClN6. The number of aromatic amines is 1. The van der Waals surface area contributed by atoms with E-state index in [1.807, 2.05) is 25.1 Å². The van der Waals surface area contributed by atoms with Crippen LogP contribution in [0.1, 0.15) is 24.0 Å². The number of dihydropyridines is 1. The third-order valence-electron chi connectivity index (χ3n) is 4.62. The summed E-state index contributed by atoms with van der Waals surface area (Å²) in [7, 11) is 0. The number of nitrogens with one attached hydrogen (secondary N) is 2. The van der Waals surface area contributed by atoms with Gasteiger partial charge in [0.1, 0.15) is 5.15 Å². The van der Waals surface area contributed by atoms with Crippen LogP contribution in [0.5, 0.6) is 0 Å². The maximum absolute atomic E-state index is 9.95. The van der Waals surface area contributed by atoms with Gasteiger partial charge in [-0.3, -0.25) is 5.10 Å². The van der Waals surface area contributed by atoms with E-state index in [4.69, 9.17) is 11.6 Å². The van der Waals surface area contributed by atoms with Gasteiger partial charge in [-0.2, -0.15) is 15.6 Å². The second kappa shape index (κ2) is 6.60. The highest BCUT2D eigenvalue weighted by molar-refractivity contribution is 6.29. The Balaban J connectivity index is 1.95. The number of allylic oxidation sites excluding steroid dienone is 3. The molecule has 0 fully saturated rings. The minimum absolute atomic E-state index is 0.336. The topological polar surface area (TPSA) is 101 Å². The molecule has 1 aromatic carbocycles. The fourth-order valence-electron chi connectivity index (χ4n) is 3.36. The van der Waals surface area contributed by atoms with Crippen molar-refractivity contribution in [3.8, 4) is 12.1 Å². The summed E-state index contributed by atoms with van der Waals surface area (Å²) in [6.07, 6.45) is 3.31. The minimum Gasteiger partial charge on any atom is -0.357 e. The summed E-state index contributed by atoms with van der Waals surface area (Å²) in [4.78, 5) is 4.00. The molecule has 0 saturated heterocycles. The van der Waals surface area contributed by atoms with Crippen LogP contribution in [0.15, 0.2) is 59.6 Å². The molecule has 1 aliphatic rings. The van der Waals surface area contributed by atoms with E-state index in [1.54, 1.807) is 24.5 Å². The van der Waals surface area contributed by atoms with Gasteiger partial charge < -0.3 is 5.32 Å². The molecule has 2 N–H and O–H groups in total. The maximum Gasteiger partial charge on any atom is 0.129 e. The van der Waals surface area contributed by atoms with E-state index >= 15 is 0 Å². The first-order valence-corrected chi connectivity index (χ1v) is 8.57. The van der Waals surface area contributed by atoms with Gasteiger partial charge in [-0.25, -0.2) is 4.98 Å². The lowest BCUT2D eigenvalue weighted by atomic mass is 9.80. The summed E-state index contributed by atoms with van der Waals surface area (Å²) >= 11 is 6.03. The number of hydrogen-bond donors (Lipinski definition) is 2. The van der Waals surface area contributed by atoms with Crippen LogP contribution in [0.2, 0.25) is 5.15 Å². The van der Waals surface area contributed by atoms with E-state index < -0.39 is 5.92 Å². The Morgan fingerprint density at radius 1 is 1.11 bits per heavy atom. The average Bonchev–Trinajstić information content (AvgIpc) is 3.14. The van der Waals surface area contributed by atoms with Crippen molar-refractivity contribution in [1.82, 2.24) is 20.5 Å². The molecule has 0 saturated carbocycles. The summed E-state index contributed by atoms with van der Waals surface area (Å²) in [5.74, 6) is -0.470. The first-order chi connectivity index (χ1) is 13.1. The van der Waals surface area contributed by atoms with Crippen molar-refractivity contribution in [2.45, 2.75) is 12.8 Å². The van der Waals surface area contributed by atoms with Gasteiger partial charge in [0, 0.05) is 22.8 Å². The molecule has 7 heteroatoms. The normalized spacial score (nSPS) is 16.8. The fourth-order valence-corrected chi connectivity index (χ4v) is 3.53. The van der Waals surface area contributed by atoms with Crippen molar-refractivity contribution < 1.29 is 0 Å². The molecule has 4 rings (SSSR count). The Kier molecular flexibility index (Phi) is 4.12. The summed E-state index contributed by atoms with van der Waals surface area (Å²) < 4.78 is 0. The Hall–Kier alpha value is -3.61. The number of hydrogen-bond acceptors (Lipinski definition) is 5. The number of H-pyrrole nitrogens is 1. The second-order valence-corrected chi connectivity index (χ2v) is 6.58. The van der Waals surface area contributed by atoms with E-state index in [2.05, 4.69) is 32.6 Å². The number of nitriles is 2. The van der Waals surface area contributed by atoms with E-state index in [0.717, 1.165) is 22.0 Å². The van der Waals surface area contributed by atoms with Crippen molar-refractivity contribution in [3.63, 3.8) is 0 Å². The number of nitrogens with zero attached hydrogens (tertiary/aromatic N) is 4. The van der Waals surface area contributed by atoms with Crippen LogP contribution in [0.3, 0.4) is 0 Å². The molecule has 130 valence electrons. The third kappa shape index (κ3) is 2.83. The molecule has 1 atom stereocenters. The van der Waals surface area contributed by atoms with Crippen LogP contribution < -0.4 is 5.32 Å². The predicted molar refractivity (Wildman–Crippen MR) is 102 cm³/mol. The molecule has 1 unspecified atom stereocenters. The molecule has 27 heavy (non-hydrogen) atoms. The monoisotopic (exact) mass is 372 g/mol. The van der Waals surface area contributed by atoms with Crippen molar-refractivity contribution in [2.75, 3.05) is 0 Å². The smallest absolute Gasteiger partial charge is 0.129 e. The second-order valence-electron chi connectivity index (χ2n) is 6.19. The van der Waals surface area contributed by atoms with Crippen LogP contribution in [-0.2, 0) is 0 Å². The zero-order chi connectivity index (χ0) is 19.0. The van der Waals surface area contributed by atoms with Gasteiger partial charge in [-0.05, 0) is 36.8 Å². The van der Waals surface area contributed by atoms with Crippen LogP contribution in [0.25, 0.3) is 16.6 Å². The van der Waals surface area contributed by atoms with Gasteiger partial charge >= 0.3 is 0 Å².